The van der Waals surface area contributed by atoms with Crippen LogP contribution in [0.25, 0.3) is 0 Å². The molecule has 0 saturated heterocycles. The van der Waals surface area contributed by atoms with Crippen molar-refractivity contribution in [3.8, 4) is 0 Å². The molecule has 1 aromatic carbocycles. The molecule has 104 valence electrons. The van der Waals surface area contributed by atoms with E-state index in [4.69, 9.17) is 17.3 Å². The molecule has 0 radical (unpaired) electrons. The van der Waals surface area contributed by atoms with E-state index >= 15 is 0 Å². The van der Waals surface area contributed by atoms with Crippen LogP contribution in [0.4, 0.5) is 5.69 Å². The lowest BCUT2D eigenvalue weighted by molar-refractivity contribution is -0.385. The highest BCUT2D eigenvalue weighted by Crippen LogP contribution is 2.33. The molecule has 1 aromatic rings. The topological polar surface area (TPSA) is 69.2 Å². The number of nitrogens with zero attached hydrogens (tertiary/aromatic N) is 1. The van der Waals surface area contributed by atoms with Crippen LogP contribution in [0.2, 0.25) is 5.02 Å². The lowest BCUT2D eigenvalue weighted by Crippen LogP contribution is -2.36. The van der Waals surface area contributed by atoms with Gasteiger partial charge in [0.05, 0.1) is 4.92 Å². The van der Waals surface area contributed by atoms with Crippen LogP contribution >= 0.6 is 11.6 Å². The highest BCUT2D eigenvalue weighted by molar-refractivity contribution is 6.30. The molecule has 0 spiro atoms. The van der Waals surface area contributed by atoms with Crippen molar-refractivity contribution >= 4 is 17.3 Å². The number of halogens is 1. The fourth-order valence-corrected chi connectivity index (χ4v) is 3.09. The van der Waals surface area contributed by atoms with Crippen molar-refractivity contribution in [2.24, 2.45) is 17.6 Å². The Morgan fingerprint density at radius 3 is 2.89 bits per heavy atom. The largest absolute Gasteiger partial charge is 0.327 e. The predicted molar refractivity (Wildman–Crippen MR) is 76.3 cm³/mol. The normalized spacial score (nSPS) is 27.2. The molecule has 0 amide bonds. The Labute approximate surface area is 118 Å². The summed E-state index contributed by atoms with van der Waals surface area (Å²) in [5, 5.41) is 11.5. The molecule has 1 saturated carbocycles. The van der Waals surface area contributed by atoms with Crippen LogP contribution in [-0.2, 0) is 6.42 Å². The van der Waals surface area contributed by atoms with E-state index in [2.05, 4.69) is 6.92 Å². The van der Waals surface area contributed by atoms with Gasteiger partial charge in [0, 0.05) is 22.7 Å². The summed E-state index contributed by atoms with van der Waals surface area (Å²) < 4.78 is 0. The van der Waals surface area contributed by atoms with Gasteiger partial charge in [-0.1, -0.05) is 24.6 Å². The molecule has 2 N–H and O–H groups in total. The minimum Gasteiger partial charge on any atom is -0.327 e. The van der Waals surface area contributed by atoms with Crippen molar-refractivity contribution in [3.63, 3.8) is 0 Å². The van der Waals surface area contributed by atoms with E-state index in [-0.39, 0.29) is 16.7 Å². The molecule has 0 heterocycles. The summed E-state index contributed by atoms with van der Waals surface area (Å²) >= 11 is 5.83. The second kappa shape index (κ2) is 5.88. The molecule has 4 nitrogen and oxygen atoms in total. The number of rotatable bonds is 3. The minimum atomic E-state index is -0.362. The molecule has 1 fully saturated rings. The van der Waals surface area contributed by atoms with Crippen LogP contribution in [0.5, 0.6) is 0 Å². The number of nitrogens with two attached hydrogens (primary N) is 1. The second-order valence-electron chi connectivity index (χ2n) is 5.58. The molecule has 1 aliphatic rings. The average molecular weight is 283 g/mol. The van der Waals surface area contributed by atoms with Gasteiger partial charge in [-0.15, -0.1) is 0 Å². The highest BCUT2D eigenvalue weighted by atomic mass is 35.5. The van der Waals surface area contributed by atoms with E-state index in [9.17, 15) is 10.1 Å². The minimum absolute atomic E-state index is 0.109. The first kappa shape index (κ1) is 14.3. The lowest BCUT2D eigenvalue weighted by atomic mass is 9.76. The summed E-state index contributed by atoms with van der Waals surface area (Å²) in [6.45, 7) is 2.22. The van der Waals surface area contributed by atoms with Crippen molar-refractivity contribution in [3.05, 3.63) is 38.9 Å². The van der Waals surface area contributed by atoms with Gasteiger partial charge in [0.1, 0.15) is 0 Å². The Bertz CT molecular complexity index is 479. The van der Waals surface area contributed by atoms with E-state index < -0.39 is 0 Å². The highest BCUT2D eigenvalue weighted by Gasteiger charge is 2.28. The smallest absolute Gasteiger partial charge is 0.274 e. The zero-order valence-electron chi connectivity index (χ0n) is 11.0. The fraction of sp³-hybridized carbons (Fsp3) is 0.571. The first-order valence-electron chi connectivity index (χ1n) is 6.65. The summed E-state index contributed by atoms with van der Waals surface area (Å²) in [5.41, 5.74) is 7.00. The number of hydrogen-bond acceptors (Lipinski definition) is 3. The van der Waals surface area contributed by atoms with Crippen molar-refractivity contribution in [1.82, 2.24) is 0 Å². The monoisotopic (exact) mass is 282 g/mol. The van der Waals surface area contributed by atoms with Gasteiger partial charge in [-0.05, 0) is 43.6 Å². The molecule has 5 heteroatoms. The van der Waals surface area contributed by atoms with Crippen molar-refractivity contribution in [2.75, 3.05) is 0 Å². The molecule has 3 unspecified atom stereocenters. The summed E-state index contributed by atoms with van der Waals surface area (Å²) in [6, 6.07) is 5.04. The maximum absolute atomic E-state index is 11.1. The number of hydrogen-bond donors (Lipinski definition) is 1. The molecular formula is C14H19ClN2O2. The SMILES string of the molecule is CC1CCC(N)C(Cc2ccc(Cl)cc2[N+](=O)[O-])C1. The zero-order valence-corrected chi connectivity index (χ0v) is 11.8. The van der Waals surface area contributed by atoms with Crippen molar-refractivity contribution in [2.45, 2.75) is 38.6 Å². The third-order valence-electron chi connectivity index (χ3n) is 4.03. The predicted octanol–water partition coefficient (Wildman–Crippen LogP) is 3.55. The van der Waals surface area contributed by atoms with Crippen molar-refractivity contribution in [1.29, 1.82) is 0 Å². The number of nitro groups is 1. The van der Waals surface area contributed by atoms with Crippen LogP contribution in [0, 0.1) is 22.0 Å². The van der Waals surface area contributed by atoms with Gasteiger partial charge in [0.25, 0.3) is 5.69 Å². The summed E-state index contributed by atoms with van der Waals surface area (Å²) in [4.78, 5) is 10.7. The fourth-order valence-electron chi connectivity index (χ4n) is 2.92. The molecule has 3 atom stereocenters. The molecule has 2 rings (SSSR count). The number of nitro benzene ring substituents is 1. The maximum Gasteiger partial charge on any atom is 0.274 e. The van der Waals surface area contributed by atoms with Gasteiger partial charge in [-0.25, -0.2) is 0 Å². The third kappa shape index (κ3) is 3.45. The third-order valence-corrected chi connectivity index (χ3v) is 4.26. The molecular weight excluding hydrogens is 264 g/mol. The van der Waals surface area contributed by atoms with Crippen LogP contribution < -0.4 is 5.73 Å². The van der Waals surface area contributed by atoms with E-state index in [0.29, 0.717) is 23.3 Å². The maximum atomic E-state index is 11.1. The Morgan fingerprint density at radius 1 is 1.47 bits per heavy atom. The standard InChI is InChI=1S/C14H19ClN2O2/c1-9-2-5-13(16)11(6-9)7-10-3-4-12(15)8-14(10)17(18)19/h3-4,8-9,11,13H,2,5-7,16H2,1H3. The Hall–Kier alpha value is -1.13. The first-order chi connectivity index (χ1) is 8.97. The quantitative estimate of drug-likeness (QED) is 0.681. The van der Waals surface area contributed by atoms with Gasteiger partial charge in [-0.2, -0.15) is 0 Å². The summed E-state index contributed by atoms with van der Waals surface area (Å²) in [6.07, 6.45) is 3.87. The van der Waals surface area contributed by atoms with E-state index in [1.54, 1.807) is 12.1 Å². The van der Waals surface area contributed by atoms with E-state index in [1.165, 1.54) is 6.07 Å². The van der Waals surface area contributed by atoms with Gasteiger partial charge in [0.15, 0.2) is 0 Å². The Balaban J connectivity index is 2.20. The molecule has 0 aromatic heterocycles. The second-order valence-corrected chi connectivity index (χ2v) is 6.01. The zero-order chi connectivity index (χ0) is 14.0. The van der Waals surface area contributed by atoms with Gasteiger partial charge >= 0.3 is 0 Å². The van der Waals surface area contributed by atoms with Gasteiger partial charge in [-0.3, -0.25) is 10.1 Å². The molecule has 0 bridgehead atoms. The van der Waals surface area contributed by atoms with Crippen LogP contribution in [0.1, 0.15) is 31.7 Å². The van der Waals surface area contributed by atoms with Gasteiger partial charge < -0.3 is 5.73 Å². The molecule has 0 aliphatic heterocycles. The summed E-state index contributed by atoms with van der Waals surface area (Å²) in [5.74, 6) is 0.972. The lowest BCUT2D eigenvalue weighted by Gasteiger charge is -2.32. The summed E-state index contributed by atoms with van der Waals surface area (Å²) in [7, 11) is 0. The average Bonchev–Trinajstić information content (AvgIpc) is 2.35. The van der Waals surface area contributed by atoms with E-state index in [0.717, 1.165) is 24.8 Å². The van der Waals surface area contributed by atoms with Crippen molar-refractivity contribution < 1.29 is 4.92 Å². The Morgan fingerprint density at radius 2 is 2.21 bits per heavy atom. The van der Waals surface area contributed by atoms with Gasteiger partial charge in [0.2, 0.25) is 0 Å². The molecule has 1 aliphatic carbocycles. The number of benzene rings is 1. The van der Waals surface area contributed by atoms with Crippen LogP contribution in [0.15, 0.2) is 18.2 Å². The van der Waals surface area contributed by atoms with Crippen LogP contribution in [0.3, 0.4) is 0 Å². The Kier molecular flexibility index (Phi) is 4.42. The van der Waals surface area contributed by atoms with Crippen LogP contribution in [-0.4, -0.2) is 11.0 Å². The van der Waals surface area contributed by atoms with E-state index in [1.807, 2.05) is 0 Å². The first-order valence-corrected chi connectivity index (χ1v) is 7.03. The molecule has 19 heavy (non-hydrogen) atoms.